The molecule has 20 heavy (non-hydrogen) atoms. The van der Waals surface area contributed by atoms with Crippen LogP contribution in [0.15, 0.2) is 0 Å². The number of amides is 1. The summed E-state index contributed by atoms with van der Waals surface area (Å²) in [6.45, 7) is 2.31. The fourth-order valence-electron chi connectivity index (χ4n) is 3.17. The lowest BCUT2D eigenvalue weighted by Gasteiger charge is -2.39. The summed E-state index contributed by atoms with van der Waals surface area (Å²) < 4.78 is -0.0617. The minimum atomic E-state index is -0.0617. The maximum absolute atomic E-state index is 12.0. The van der Waals surface area contributed by atoms with Crippen molar-refractivity contribution < 1.29 is 4.79 Å². The minimum absolute atomic E-state index is 0.0617. The van der Waals surface area contributed by atoms with Crippen molar-refractivity contribution in [3.63, 3.8) is 0 Å². The number of thiocarbonyl (C=S) groups is 1. The second-order valence-electron chi connectivity index (χ2n) is 5.89. The molecule has 2 fully saturated rings. The van der Waals surface area contributed by atoms with Crippen molar-refractivity contribution in [2.75, 3.05) is 25.9 Å². The van der Waals surface area contributed by atoms with Gasteiger partial charge in [0.25, 0.3) is 0 Å². The average Bonchev–Trinajstić information content (AvgIpc) is 2.92. The first-order valence-corrected chi connectivity index (χ1v) is 9.06. The highest BCUT2D eigenvalue weighted by molar-refractivity contribution is 8.02. The first kappa shape index (κ1) is 16.0. The molecule has 0 atom stereocenters. The van der Waals surface area contributed by atoms with Gasteiger partial charge in [-0.05, 0) is 31.9 Å². The third-order valence-corrected chi connectivity index (χ3v) is 6.52. The van der Waals surface area contributed by atoms with E-state index in [0.717, 1.165) is 38.8 Å². The number of carbonyl (C=O) groups excluding carboxylic acids is 1. The maximum atomic E-state index is 12.0. The monoisotopic (exact) mass is 315 g/mol. The van der Waals surface area contributed by atoms with E-state index in [2.05, 4.69) is 16.5 Å². The number of carbonyl (C=O) groups is 1. The topological polar surface area (TPSA) is 58.4 Å². The van der Waals surface area contributed by atoms with Crippen LogP contribution in [0.5, 0.6) is 0 Å². The Balaban J connectivity index is 1.76. The Morgan fingerprint density at radius 2 is 2.00 bits per heavy atom. The predicted molar refractivity (Wildman–Crippen MR) is 89.1 cm³/mol. The Kier molecular flexibility index (Phi) is 5.69. The third kappa shape index (κ3) is 3.86. The maximum Gasteiger partial charge on any atom is 0.234 e. The van der Waals surface area contributed by atoms with Crippen molar-refractivity contribution in [3.8, 4) is 0 Å². The van der Waals surface area contributed by atoms with Crippen molar-refractivity contribution in [1.82, 2.24) is 10.2 Å². The number of nitrogens with one attached hydrogen (secondary N) is 1. The van der Waals surface area contributed by atoms with Gasteiger partial charge in [0, 0.05) is 19.1 Å². The van der Waals surface area contributed by atoms with Gasteiger partial charge in [-0.25, -0.2) is 0 Å². The number of nitrogens with two attached hydrogens (primary N) is 1. The highest BCUT2D eigenvalue weighted by atomic mass is 32.2. The van der Waals surface area contributed by atoms with E-state index in [-0.39, 0.29) is 10.7 Å². The Hall–Kier alpha value is -0.330. The zero-order chi connectivity index (χ0) is 14.6. The summed E-state index contributed by atoms with van der Waals surface area (Å²) in [4.78, 5) is 14.9. The molecule has 4 nitrogen and oxygen atoms in total. The summed E-state index contributed by atoms with van der Waals surface area (Å²) in [5.74, 6) is 0.170. The molecular formula is C14H25N3OS2. The summed E-state index contributed by atoms with van der Waals surface area (Å²) in [7, 11) is 0. The summed E-state index contributed by atoms with van der Waals surface area (Å²) in [5, 5.41) is 3.15. The van der Waals surface area contributed by atoms with Crippen molar-refractivity contribution in [2.45, 2.75) is 49.3 Å². The number of hydrogen-bond acceptors (Lipinski definition) is 4. The van der Waals surface area contributed by atoms with Gasteiger partial charge in [-0.3, -0.25) is 9.69 Å². The lowest BCUT2D eigenvalue weighted by Crippen LogP contribution is -2.51. The fourth-order valence-corrected chi connectivity index (χ4v) is 4.42. The highest BCUT2D eigenvalue weighted by Gasteiger charge is 2.37. The van der Waals surface area contributed by atoms with Crippen molar-refractivity contribution >= 4 is 34.9 Å². The lowest BCUT2D eigenvalue weighted by molar-refractivity contribution is -0.123. The van der Waals surface area contributed by atoms with Gasteiger partial charge in [0.2, 0.25) is 5.91 Å². The van der Waals surface area contributed by atoms with Gasteiger partial charge in [-0.1, -0.05) is 25.1 Å². The molecule has 1 saturated heterocycles. The molecule has 3 N–H and O–H groups in total. The van der Waals surface area contributed by atoms with Crippen LogP contribution >= 0.6 is 24.0 Å². The van der Waals surface area contributed by atoms with E-state index in [4.69, 9.17) is 18.0 Å². The molecule has 1 aliphatic heterocycles. The Morgan fingerprint density at radius 3 is 2.50 bits per heavy atom. The lowest BCUT2D eigenvalue weighted by atomic mass is 9.95. The number of nitrogens with zero attached hydrogens (tertiary/aromatic N) is 1. The zero-order valence-electron chi connectivity index (χ0n) is 12.2. The molecule has 2 aliphatic rings. The van der Waals surface area contributed by atoms with Gasteiger partial charge in [-0.15, -0.1) is 0 Å². The molecule has 0 radical (unpaired) electrons. The van der Waals surface area contributed by atoms with Crippen LogP contribution in [-0.4, -0.2) is 52.5 Å². The minimum Gasteiger partial charge on any atom is -0.392 e. The fraction of sp³-hybridized carbons (Fsp3) is 0.857. The van der Waals surface area contributed by atoms with Crippen LogP contribution in [0.4, 0.5) is 0 Å². The molecule has 6 heteroatoms. The molecule has 0 spiro atoms. The van der Waals surface area contributed by atoms with Gasteiger partial charge < -0.3 is 11.1 Å². The highest BCUT2D eigenvalue weighted by Crippen LogP contribution is 2.34. The van der Waals surface area contributed by atoms with E-state index in [0.29, 0.717) is 17.6 Å². The van der Waals surface area contributed by atoms with Gasteiger partial charge in [0.1, 0.15) is 0 Å². The molecule has 0 unspecified atom stereocenters. The van der Waals surface area contributed by atoms with Crippen LogP contribution in [-0.2, 0) is 4.79 Å². The zero-order valence-corrected chi connectivity index (χ0v) is 13.8. The van der Waals surface area contributed by atoms with Crippen molar-refractivity contribution in [2.24, 2.45) is 5.73 Å². The van der Waals surface area contributed by atoms with E-state index in [9.17, 15) is 4.79 Å². The summed E-state index contributed by atoms with van der Waals surface area (Å²) >= 11 is 6.96. The van der Waals surface area contributed by atoms with Crippen molar-refractivity contribution in [1.29, 1.82) is 0 Å². The van der Waals surface area contributed by atoms with Crippen LogP contribution in [0, 0.1) is 0 Å². The second-order valence-corrected chi connectivity index (χ2v) is 7.52. The molecule has 1 saturated carbocycles. The number of likely N-dealkylation sites (tertiary alicyclic amines) is 1. The Bertz CT molecular complexity index is 361. The second kappa shape index (κ2) is 7.09. The molecule has 1 amide bonds. The number of hydrogen-bond donors (Lipinski definition) is 2. The van der Waals surface area contributed by atoms with Crippen LogP contribution < -0.4 is 11.1 Å². The summed E-state index contributed by atoms with van der Waals surface area (Å²) in [5.41, 5.74) is 5.88. The number of thioether (sulfide) groups is 1. The van der Waals surface area contributed by atoms with Gasteiger partial charge in [-0.2, -0.15) is 11.8 Å². The van der Waals surface area contributed by atoms with Gasteiger partial charge in [0.05, 0.1) is 16.3 Å². The molecule has 2 rings (SSSR count). The Morgan fingerprint density at radius 1 is 1.40 bits per heavy atom. The molecule has 1 heterocycles. The predicted octanol–water partition coefficient (Wildman–Crippen LogP) is 1.53. The van der Waals surface area contributed by atoms with E-state index in [1.54, 1.807) is 11.8 Å². The van der Waals surface area contributed by atoms with Crippen molar-refractivity contribution in [3.05, 3.63) is 0 Å². The summed E-state index contributed by atoms with van der Waals surface area (Å²) in [6, 6.07) is 0.411. The standard InChI is InChI=1S/C14H25N3OS2/c1-20-14(13(15)19)6-8-17(9-7-14)10-12(18)16-11-4-2-3-5-11/h11H,2-10H2,1H3,(H2,15,19)(H,16,18). The molecular weight excluding hydrogens is 290 g/mol. The van der Waals surface area contributed by atoms with Gasteiger partial charge >= 0.3 is 0 Å². The molecule has 1 aliphatic carbocycles. The Labute approximate surface area is 131 Å². The first-order valence-electron chi connectivity index (χ1n) is 7.42. The quantitative estimate of drug-likeness (QED) is 0.754. The SMILES string of the molecule is CSC1(C(N)=S)CCN(CC(=O)NC2CCCC2)CC1. The van der Waals surface area contributed by atoms with E-state index < -0.39 is 0 Å². The van der Waals surface area contributed by atoms with Crippen LogP contribution in [0.25, 0.3) is 0 Å². The van der Waals surface area contributed by atoms with E-state index in [1.165, 1.54) is 12.8 Å². The molecule has 0 aromatic carbocycles. The average molecular weight is 316 g/mol. The van der Waals surface area contributed by atoms with E-state index in [1.807, 2.05) is 0 Å². The molecule has 114 valence electrons. The number of piperidine rings is 1. The summed E-state index contributed by atoms with van der Waals surface area (Å²) in [6.07, 6.45) is 8.74. The number of rotatable bonds is 5. The molecule has 0 bridgehead atoms. The van der Waals surface area contributed by atoms with Gasteiger partial charge in [0.15, 0.2) is 0 Å². The molecule has 0 aromatic rings. The van der Waals surface area contributed by atoms with Crippen LogP contribution in [0.2, 0.25) is 0 Å². The normalized spacial score (nSPS) is 23.6. The largest absolute Gasteiger partial charge is 0.392 e. The van der Waals surface area contributed by atoms with E-state index >= 15 is 0 Å². The van der Waals surface area contributed by atoms with Crippen LogP contribution in [0.3, 0.4) is 0 Å². The van der Waals surface area contributed by atoms with Crippen LogP contribution in [0.1, 0.15) is 38.5 Å². The smallest absolute Gasteiger partial charge is 0.234 e. The third-order valence-electron chi connectivity index (χ3n) is 4.59. The first-order chi connectivity index (χ1) is 9.55. The molecule has 0 aromatic heterocycles.